The van der Waals surface area contributed by atoms with E-state index < -0.39 is 23.1 Å². The van der Waals surface area contributed by atoms with Crippen molar-refractivity contribution in [2.75, 3.05) is 6.61 Å². The van der Waals surface area contributed by atoms with Gasteiger partial charge in [0.15, 0.2) is 11.9 Å². The summed E-state index contributed by atoms with van der Waals surface area (Å²) in [5, 5.41) is 9.61. The number of cyclic esters (lactones) is 1. The van der Waals surface area contributed by atoms with Crippen LogP contribution >= 0.6 is 0 Å². The predicted octanol–water partition coefficient (Wildman–Crippen LogP) is 4.61. The highest BCUT2D eigenvalue weighted by atomic mass is 16.7. The van der Waals surface area contributed by atoms with E-state index in [2.05, 4.69) is 25.8 Å². The number of allylic oxidation sites excluding steroid dienone is 1. The van der Waals surface area contributed by atoms with Crippen LogP contribution in [0.5, 0.6) is 0 Å². The quantitative estimate of drug-likeness (QED) is 0.400. The molecule has 3 heterocycles. The number of epoxide rings is 1. The second-order valence-electron chi connectivity index (χ2n) is 14.1. The highest BCUT2D eigenvalue weighted by Gasteiger charge is 2.81. The van der Waals surface area contributed by atoms with Gasteiger partial charge in [0.1, 0.15) is 17.4 Å². The molecule has 3 unspecified atom stereocenters. The maximum Gasteiger partial charge on any atom is 0.357 e. The Morgan fingerprint density at radius 3 is 2.71 bits per heavy atom. The van der Waals surface area contributed by atoms with E-state index in [-0.39, 0.29) is 53.5 Å². The van der Waals surface area contributed by atoms with Crippen LogP contribution in [0.3, 0.4) is 0 Å². The van der Waals surface area contributed by atoms with Gasteiger partial charge in [-0.05, 0) is 105 Å². The first-order valence-electron chi connectivity index (χ1n) is 15.6. The molecule has 1 spiro atoms. The number of rotatable bonds is 5. The number of nitrogens with zero attached hydrogens (tertiary/aromatic N) is 1. The zero-order chi connectivity index (χ0) is 29.6. The van der Waals surface area contributed by atoms with E-state index in [1.165, 1.54) is 0 Å². The number of ketones is 1. The third-order valence-electron chi connectivity index (χ3n) is 12.7. The number of aliphatic hydroxyl groups excluding tert-OH is 1. The van der Waals surface area contributed by atoms with Crippen molar-refractivity contribution in [3.63, 3.8) is 0 Å². The van der Waals surface area contributed by atoms with Crippen molar-refractivity contribution in [2.45, 2.75) is 90.1 Å². The van der Waals surface area contributed by atoms with E-state index in [0.717, 1.165) is 37.7 Å². The minimum atomic E-state index is -0.825. The molecule has 0 bridgehead atoms. The molecule has 3 saturated carbocycles. The van der Waals surface area contributed by atoms with Gasteiger partial charge in [-0.15, -0.1) is 0 Å². The van der Waals surface area contributed by atoms with Gasteiger partial charge in [0.25, 0.3) is 0 Å². The first-order chi connectivity index (χ1) is 20.1. The highest BCUT2D eigenvalue weighted by Crippen LogP contribution is 2.73. The van der Waals surface area contributed by atoms with E-state index in [1.54, 1.807) is 36.5 Å². The summed E-state index contributed by atoms with van der Waals surface area (Å²) in [7, 11) is 0. The normalized spacial score (nSPS) is 44.4. The average molecular weight is 576 g/mol. The smallest absolute Gasteiger partial charge is 0.357 e. The van der Waals surface area contributed by atoms with Gasteiger partial charge in [-0.1, -0.05) is 25.5 Å². The Bertz CT molecular complexity index is 1390. The third kappa shape index (κ3) is 3.66. The van der Waals surface area contributed by atoms with Crippen LogP contribution in [-0.2, 0) is 23.8 Å². The summed E-state index contributed by atoms with van der Waals surface area (Å²) < 4.78 is 18.4. The zero-order valence-corrected chi connectivity index (χ0v) is 24.9. The molecule has 4 fully saturated rings. The number of aromatic nitrogens is 1. The molecule has 2 aliphatic heterocycles. The van der Waals surface area contributed by atoms with Gasteiger partial charge in [-0.25, -0.2) is 14.6 Å². The second kappa shape index (κ2) is 9.58. The summed E-state index contributed by atoms with van der Waals surface area (Å²) in [5.74, 6) is 0.709. The van der Waals surface area contributed by atoms with Crippen LogP contribution in [-0.4, -0.2) is 58.3 Å². The van der Waals surface area contributed by atoms with Gasteiger partial charge in [-0.2, -0.15) is 0 Å². The van der Waals surface area contributed by atoms with Crippen molar-refractivity contribution < 1.29 is 33.7 Å². The molecule has 0 amide bonds. The molecule has 42 heavy (non-hydrogen) atoms. The Labute approximate surface area is 246 Å². The molecular formula is C34H41NO7. The number of hydrogen-bond acceptors (Lipinski definition) is 8. The summed E-state index contributed by atoms with van der Waals surface area (Å²) in [4.78, 5) is 43.6. The van der Waals surface area contributed by atoms with Crippen LogP contribution in [0.25, 0.3) is 0 Å². The molecule has 224 valence electrons. The third-order valence-corrected chi connectivity index (χ3v) is 12.7. The van der Waals surface area contributed by atoms with Crippen LogP contribution in [0, 0.1) is 40.4 Å². The molecule has 0 aromatic carbocycles. The number of pyridine rings is 1. The minimum Gasteiger partial charge on any atom is -0.458 e. The number of fused-ring (bicyclic) bond motifs is 4. The topological polar surface area (TPSA) is 115 Å². The molecule has 1 saturated heterocycles. The summed E-state index contributed by atoms with van der Waals surface area (Å²) in [5.41, 5.74) is 0.0520. The monoisotopic (exact) mass is 575 g/mol. The molecule has 7 rings (SSSR count). The van der Waals surface area contributed by atoms with Gasteiger partial charge in [0.2, 0.25) is 0 Å². The number of aliphatic hydroxyl groups is 1. The fraction of sp³-hybridized carbons (Fsp3) is 0.647. The summed E-state index contributed by atoms with van der Waals surface area (Å²) >= 11 is 0. The Morgan fingerprint density at radius 2 is 2.00 bits per heavy atom. The van der Waals surface area contributed by atoms with Crippen molar-refractivity contribution in [1.29, 1.82) is 0 Å². The van der Waals surface area contributed by atoms with Crippen LogP contribution in [0.4, 0.5) is 0 Å². The van der Waals surface area contributed by atoms with E-state index in [4.69, 9.17) is 14.2 Å². The van der Waals surface area contributed by atoms with Gasteiger partial charge in [0.05, 0.1) is 23.7 Å². The van der Waals surface area contributed by atoms with E-state index in [0.29, 0.717) is 29.7 Å². The van der Waals surface area contributed by atoms with Crippen molar-refractivity contribution in [1.82, 2.24) is 4.98 Å². The lowest BCUT2D eigenvalue weighted by molar-refractivity contribution is -0.156. The molecule has 8 nitrogen and oxygen atoms in total. The summed E-state index contributed by atoms with van der Waals surface area (Å²) in [6, 6.07) is 5.14. The average Bonchev–Trinajstić information content (AvgIpc) is 3.60. The Hall–Kier alpha value is -2.84. The summed E-state index contributed by atoms with van der Waals surface area (Å²) in [6.07, 6.45) is 9.54. The van der Waals surface area contributed by atoms with Gasteiger partial charge in [-0.3, -0.25) is 4.79 Å². The second-order valence-corrected chi connectivity index (χ2v) is 14.1. The molecule has 6 aliphatic rings. The van der Waals surface area contributed by atoms with Crippen LogP contribution in [0.2, 0.25) is 0 Å². The first kappa shape index (κ1) is 28.0. The zero-order valence-electron chi connectivity index (χ0n) is 24.9. The molecule has 0 radical (unpaired) electrons. The lowest BCUT2D eigenvalue weighted by Gasteiger charge is -2.58. The molecule has 1 aromatic heterocycles. The SMILES string of the molecule is CC1=C(CO)C(=O)O[C@@H]([C@@H](C)[C@H]2CCC3C4C[C@H]5O[C@]56[C@@H](OC(=O)c5ccccn5)C=CC(=O)[C@]6(C)C4CC[C@@]32C)C1. The Morgan fingerprint density at radius 1 is 1.19 bits per heavy atom. The minimum absolute atomic E-state index is 0.0749. The first-order valence-corrected chi connectivity index (χ1v) is 15.6. The Balaban J connectivity index is 1.13. The number of ether oxygens (including phenoxy) is 3. The van der Waals surface area contributed by atoms with Gasteiger partial charge >= 0.3 is 11.9 Å². The number of carbonyl (C=O) groups is 3. The van der Waals surface area contributed by atoms with Crippen LogP contribution < -0.4 is 0 Å². The van der Waals surface area contributed by atoms with Crippen molar-refractivity contribution >= 4 is 17.7 Å². The maximum atomic E-state index is 13.8. The lowest BCUT2D eigenvalue weighted by atomic mass is 9.44. The Kier molecular flexibility index (Phi) is 6.38. The van der Waals surface area contributed by atoms with Crippen LogP contribution in [0.15, 0.2) is 47.7 Å². The van der Waals surface area contributed by atoms with E-state index in [1.807, 2.05) is 6.92 Å². The molecule has 8 heteroatoms. The molecule has 11 atom stereocenters. The van der Waals surface area contributed by atoms with Crippen molar-refractivity contribution in [3.05, 3.63) is 53.4 Å². The fourth-order valence-corrected chi connectivity index (χ4v) is 10.5. The largest absolute Gasteiger partial charge is 0.458 e. The standard InChI is InChI=1S/C34H41NO7/c1-18-15-26(40-30(38)21(18)17-36)19(2)22-8-9-23-20-16-29-34(42-29)28(41-31(39)25-7-5-6-14-35-25)11-10-27(37)33(34,4)24(20)12-13-32(22,23)3/h5-7,10-11,14,19-20,22-24,26,28-29,36H,8-9,12-13,15-17H2,1-4H3/t19-,20?,22+,23?,24?,26+,28-,29+,32+,33-,34+/m0/s1. The number of esters is 2. The van der Waals surface area contributed by atoms with E-state index >= 15 is 0 Å². The molecule has 1 N–H and O–H groups in total. The molecular weight excluding hydrogens is 534 g/mol. The predicted molar refractivity (Wildman–Crippen MR) is 152 cm³/mol. The van der Waals surface area contributed by atoms with Crippen molar-refractivity contribution in [2.24, 2.45) is 40.4 Å². The number of carbonyl (C=O) groups excluding carboxylic acids is 3. The molecule has 4 aliphatic carbocycles. The van der Waals surface area contributed by atoms with E-state index in [9.17, 15) is 19.5 Å². The van der Waals surface area contributed by atoms with Gasteiger partial charge in [0, 0.05) is 12.6 Å². The summed E-state index contributed by atoms with van der Waals surface area (Å²) in [6.45, 7) is 8.36. The highest BCUT2D eigenvalue weighted by molar-refractivity contribution is 5.98. The maximum absolute atomic E-state index is 13.8. The molecule has 1 aromatic rings. The van der Waals surface area contributed by atoms with Gasteiger partial charge < -0.3 is 19.3 Å². The lowest BCUT2D eigenvalue weighted by Crippen LogP contribution is -2.64. The van der Waals surface area contributed by atoms with Crippen molar-refractivity contribution in [3.8, 4) is 0 Å². The van der Waals surface area contributed by atoms with Crippen LogP contribution in [0.1, 0.15) is 76.7 Å². The number of hydrogen-bond donors (Lipinski definition) is 1. The fourth-order valence-electron chi connectivity index (χ4n) is 10.5.